The van der Waals surface area contributed by atoms with Crippen LogP contribution in [0.25, 0.3) is 44.5 Å². The molecule has 0 unspecified atom stereocenters. The summed E-state index contributed by atoms with van der Waals surface area (Å²) in [4.78, 5) is 69.2. The number of aromatic amines is 2. The Morgan fingerprint density at radius 1 is 0.881 bits per heavy atom. The van der Waals surface area contributed by atoms with Crippen LogP contribution in [0.1, 0.15) is 67.8 Å². The van der Waals surface area contributed by atoms with Gasteiger partial charge < -0.3 is 39.9 Å². The summed E-state index contributed by atoms with van der Waals surface area (Å²) in [6.45, 7) is 2.36. The van der Waals surface area contributed by atoms with E-state index in [-0.39, 0.29) is 66.0 Å². The zero-order valence-corrected chi connectivity index (χ0v) is 32.9. The fraction of sp³-hybridized carbons (Fsp3) is 0.395. The van der Waals surface area contributed by atoms with E-state index in [2.05, 4.69) is 42.0 Å². The zero-order chi connectivity index (χ0) is 41.2. The molecular formula is C43H44F2N8O6. The van der Waals surface area contributed by atoms with Crippen LogP contribution < -0.4 is 10.6 Å². The van der Waals surface area contributed by atoms with Gasteiger partial charge in [-0.2, -0.15) is 8.78 Å². The molecule has 3 heterocycles. The second kappa shape index (κ2) is 14.5. The van der Waals surface area contributed by atoms with Crippen LogP contribution in [0.15, 0.2) is 60.8 Å². The maximum atomic E-state index is 16.4. The molecular weight excluding hydrogens is 763 g/mol. The number of aromatic nitrogens is 4. The van der Waals surface area contributed by atoms with Gasteiger partial charge in [0.1, 0.15) is 24.7 Å². The molecule has 3 fully saturated rings. The molecule has 306 valence electrons. The van der Waals surface area contributed by atoms with Gasteiger partial charge in [-0.15, -0.1) is 0 Å². The van der Waals surface area contributed by atoms with Crippen molar-refractivity contribution in [2.75, 3.05) is 33.9 Å². The number of H-pyrrole nitrogens is 2. The van der Waals surface area contributed by atoms with Crippen LogP contribution in [0.2, 0.25) is 0 Å². The van der Waals surface area contributed by atoms with Crippen LogP contribution in [-0.4, -0.2) is 93.6 Å². The molecule has 2 aromatic heterocycles. The minimum Gasteiger partial charge on any atom is -0.453 e. The number of alkyl carbamates (subject to hydrolysis) is 2. The number of imidazole rings is 2. The number of nitrogens with zero attached hydrogens (tertiary/aromatic N) is 4. The van der Waals surface area contributed by atoms with Crippen molar-refractivity contribution in [1.29, 1.82) is 0 Å². The topological polar surface area (TPSA) is 175 Å². The van der Waals surface area contributed by atoms with Gasteiger partial charge in [0, 0.05) is 35.5 Å². The predicted molar refractivity (Wildman–Crippen MR) is 212 cm³/mol. The van der Waals surface area contributed by atoms with Crippen molar-refractivity contribution in [3.63, 3.8) is 0 Å². The number of nitrogens with one attached hydrogen (secondary N) is 4. The molecule has 3 aliphatic carbocycles. The van der Waals surface area contributed by atoms with Gasteiger partial charge in [0.05, 0.1) is 43.5 Å². The van der Waals surface area contributed by atoms with Crippen molar-refractivity contribution in [3.05, 3.63) is 83.6 Å². The van der Waals surface area contributed by atoms with E-state index in [1.807, 2.05) is 29.2 Å². The number of rotatable bonds is 11. The molecule has 4 amide bonds. The number of hydrogen-bond donors (Lipinski definition) is 4. The van der Waals surface area contributed by atoms with Gasteiger partial charge in [-0.25, -0.2) is 19.6 Å². The minimum atomic E-state index is -3.28. The third-order valence-electron chi connectivity index (χ3n) is 12.4. The number of ether oxygens (including phenoxy) is 2. The summed E-state index contributed by atoms with van der Waals surface area (Å²) in [7, 11) is 2.48. The highest BCUT2D eigenvalue weighted by atomic mass is 19.3. The number of amides is 4. The third kappa shape index (κ3) is 7.03. The van der Waals surface area contributed by atoms with Crippen molar-refractivity contribution in [1.82, 2.24) is 40.4 Å². The Morgan fingerprint density at radius 2 is 1.54 bits per heavy atom. The van der Waals surface area contributed by atoms with Gasteiger partial charge in [-0.3, -0.25) is 9.59 Å². The number of halogens is 2. The quantitative estimate of drug-likeness (QED) is 0.115. The highest BCUT2D eigenvalue weighted by molar-refractivity contribution is 5.88. The second-order valence-electron chi connectivity index (χ2n) is 16.4. The monoisotopic (exact) mass is 806 g/mol. The number of fused-ring (bicyclic) bond motifs is 6. The molecule has 1 aliphatic heterocycles. The molecule has 4 N–H and O–H groups in total. The van der Waals surface area contributed by atoms with Gasteiger partial charge in [0.2, 0.25) is 11.8 Å². The van der Waals surface area contributed by atoms with Gasteiger partial charge in [-0.1, -0.05) is 37.3 Å². The fourth-order valence-electron chi connectivity index (χ4n) is 9.09. The van der Waals surface area contributed by atoms with Crippen molar-refractivity contribution in [2.24, 2.45) is 11.3 Å². The third-order valence-corrected chi connectivity index (χ3v) is 12.4. The molecule has 2 bridgehead atoms. The van der Waals surface area contributed by atoms with Crippen LogP contribution in [0.3, 0.4) is 0 Å². The number of alkyl halides is 2. The summed E-state index contributed by atoms with van der Waals surface area (Å²) in [6.07, 6.45) is 5.00. The van der Waals surface area contributed by atoms with Crippen molar-refractivity contribution < 1.29 is 37.4 Å². The van der Waals surface area contributed by atoms with E-state index >= 15 is 8.78 Å². The lowest BCUT2D eigenvalue weighted by Gasteiger charge is -2.34. The second-order valence-corrected chi connectivity index (χ2v) is 16.4. The van der Waals surface area contributed by atoms with E-state index in [9.17, 15) is 19.2 Å². The summed E-state index contributed by atoms with van der Waals surface area (Å²) in [6, 6.07) is 15.5. The molecule has 2 saturated carbocycles. The SMILES string of the molecule is COC(=O)NCC(=O)N(Cc1nc(-c2ccc3c(c2)C(F)(F)c2cc(-c4ccc5nc([C@@H]6[C@H]7CC[C@H](C7)N6C(=O)CNC(=O)OC)[nH]c5c4)ccc2-3)c[nH]1)CC1(C)CC1. The average molecular weight is 807 g/mol. The van der Waals surface area contributed by atoms with Gasteiger partial charge in [0.15, 0.2) is 0 Å². The molecule has 4 aliphatic rings. The number of piperidine rings is 1. The number of methoxy groups -OCH3 is 2. The van der Waals surface area contributed by atoms with E-state index in [0.29, 0.717) is 51.7 Å². The molecule has 3 atom stereocenters. The molecule has 9 rings (SSSR count). The van der Waals surface area contributed by atoms with E-state index in [1.165, 1.54) is 20.3 Å². The van der Waals surface area contributed by atoms with Crippen LogP contribution in [0.4, 0.5) is 18.4 Å². The number of likely N-dealkylation sites (tertiary alicyclic amines) is 1. The highest BCUT2D eigenvalue weighted by Gasteiger charge is 2.50. The van der Waals surface area contributed by atoms with Crippen molar-refractivity contribution >= 4 is 35.0 Å². The van der Waals surface area contributed by atoms with Gasteiger partial charge >= 0.3 is 12.2 Å². The van der Waals surface area contributed by atoms with Gasteiger partial charge in [0.25, 0.3) is 5.92 Å². The molecule has 5 aromatic rings. The first-order valence-electron chi connectivity index (χ1n) is 19.8. The highest BCUT2D eigenvalue weighted by Crippen LogP contribution is 2.53. The number of hydrogen-bond acceptors (Lipinski definition) is 8. The Balaban J connectivity index is 0.934. The molecule has 1 saturated heterocycles. The number of carbonyl (C=O) groups is 4. The maximum absolute atomic E-state index is 16.4. The molecule has 0 spiro atoms. The lowest BCUT2D eigenvalue weighted by atomic mass is 9.98. The number of benzene rings is 3. The summed E-state index contributed by atoms with van der Waals surface area (Å²) in [5, 5.41) is 4.93. The van der Waals surface area contributed by atoms with Crippen LogP contribution >= 0.6 is 0 Å². The first-order valence-corrected chi connectivity index (χ1v) is 19.8. The lowest BCUT2D eigenvalue weighted by molar-refractivity contribution is -0.135. The Labute approximate surface area is 338 Å². The van der Waals surface area contributed by atoms with Gasteiger partial charge in [-0.05, 0) is 90.0 Å². The predicted octanol–water partition coefficient (Wildman–Crippen LogP) is 6.63. The number of carbonyl (C=O) groups excluding carboxylic acids is 4. The van der Waals surface area contributed by atoms with Crippen LogP contribution in [0, 0.1) is 11.3 Å². The maximum Gasteiger partial charge on any atom is 0.407 e. The smallest absolute Gasteiger partial charge is 0.407 e. The summed E-state index contributed by atoms with van der Waals surface area (Å²) >= 11 is 0. The largest absolute Gasteiger partial charge is 0.453 e. The molecule has 59 heavy (non-hydrogen) atoms. The lowest BCUT2D eigenvalue weighted by Crippen LogP contribution is -2.45. The van der Waals surface area contributed by atoms with E-state index in [1.54, 1.807) is 35.4 Å². The Hall–Kier alpha value is -6.32. The normalized spacial score (nSPS) is 20.2. The summed E-state index contributed by atoms with van der Waals surface area (Å²) < 4.78 is 42.1. The fourth-order valence-corrected chi connectivity index (χ4v) is 9.09. The van der Waals surface area contributed by atoms with Crippen molar-refractivity contribution in [3.8, 4) is 33.5 Å². The Bertz CT molecular complexity index is 2510. The van der Waals surface area contributed by atoms with E-state index in [4.69, 9.17) is 4.98 Å². The average Bonchev–Trinajstić information content (AvgIpc) is 3.81. The molecule has 0 radical (unpaired) electrons. The summed E-state index contributed by atoms with van der Waals surface area (Å²) in [5.41, 5.74) is 4.47. The summed E-state index contributed by atoms with van der Waals surface area (Å²) in [5.74, 6) is -2.37. The van der Waals surface area contributed by atoms with E-state index < -0.39 is 18.1 Å². The molecule has 16 heteroatoms. The minimum absolute atomic E-state index is 0.000371. The van der Waals surface area contributed by atoms with Crippen molar-refractivity contribution in [2.45, 2.75) is 63.6 Å². The first kappa shape index (κ1) is 38.2. The van der Waals surface area contributed by atoms with Crippen LogP contribution in [0.5, 0.6) is 0 Å². The van der Waals surface area contributed by atoms with Crippen LogP contribution in [-0.2, 0) is 31.5 Å². The van der Waals surface area contributed by atoms with E-state index in [0.717, 1.165) is 43.2 Å². The first-order chi connectivity index (χ1) is 28.3. The Morgan fingerprint density at radius 3 is 2.25 bits per heavy atom. The Kier molecular flexibility index (Phi) is 9.39. The molecule has 3 aromatic carbocycles. The molecule has 14 nitrogen and oxygen atoms in total. The zero-order valence-electron chi connectivity index (χ0n) is 32.9. The standard InChI is InChI=1S/C43H44F2N8O6/c1-42(12-13-42)22-52(36(54)19-47-40(56)58-2)21-35-46-18-34(49-35)25-6-10-29-28-9-5-23(15-30(28)43(44,45)31(29)16-25)24-7-11-32-33(17-24)51-39(50-32)38-26-4-8-27(14-26)53(38)37(55)20-48-41(57)59-3/h5-7,9-11,15-18,26-27,38H,4,8,12-14,19-22H2,1-3H3,(H,46,49)(H,47,56)(H,48,57)(H,50,51)/t26-,27+,38-/m0/s1.